The molecule has 0 saturated carbocycles. The van der Waals surface area contributed by atoms with Gasteiger partial charge in [-0.15, -0.1) is 0 Å². The van der Waals surface area contributed by atoms with Gasteiger partial charge in [0.1, 0.15) is 17.6 Å². The van der Waals surface area contributed by atoms with Crippen LogP contribution in [0.15, 0.2) is 6.07 Å². The summed E-state index contributed by atoms with van der Waals surface area (Å²) in [6, 6.07) is 1.77. The highest BCUT2D eigenvalue weighted by Crippen LogP contribution is 2.15. The van der Waals surface area contributed by atoms with Crippen molar-refractivity contribution in [2.75, 3.05) is 45.7 Å². The topological polar surface area (TPSA) is 41.5 Å². The molecule has 5 nitrogen and oxygen atoms in total. The van der Waals surface area contributed by atoms with E-state index in [0.717, 1.165) is 18.9 Å². The van der Waals surface area contributed by atoms with E-state index in [1.165, 1.54) is 0 Å². The Morgan fingerprint density at radius 2 is 1.94 bits per heavy atom. The summed E-state index contributed by atoms with van der Waals surface area (Å²) in [5.74, 6) is 1.45. The van der Waals surface area contributed by atoms with Gasteiger partial charge in [0.25, 0.3) is 0 Å². The summed E-state index contributed by atoms with van der Waals surface area (Å²) in [4.78, 5) is 12.8. The quantitative estimate of drug-likeness (QED) is 0.706. The maximum Gasteiger partial charge on any atom is 0.158 e. The average Bonchev–Trinajstić information content (AvgIpc) is 2.32. The van der Waals surface area contributed by atoms with E-state index in [1.54, 1.807) is 6.07 Å². The van der Waals surface area contributed by atoms with Gasteiger partial charge < -0.3 is 14.5 Å². The zero-order valence-electron chi connectivity index (χ0n) is 11.5. The molecule has 0 aliphatic rings. The van der Waals surface area contributed by atoms with E-state index < -0.39 is 0 Å². The van der Waals surface area contributed by atoms with Crippen LogP contribution in [0.25, 0.3) is 0 Å². The zero-order chi connectivity index (χ0) is 13.5. The van der Waals surface area contributed by atoms with Gasteiger partial charge in [0, 0.05) is 32.8 Å². The summed E-state index contributed by atoms with van der Waals surface area (Å²) in [5, 5.41) is 0.450. The predicted molar refractivity (Wildman–Crippen MR) is 74.2 cm³/mol. The van der Waals surface area contributed by atoms with Crippen molar-refractivity contribution in [3.8, 4) is 0 Å². The van der Waals surface area contributed by atoms with Crippen molar-refractivity contribution in [2.24, 2.45) is 0 Å². The third-order valence-electron chi connectivity index (χ3n) is 2.44. The molecule has 1 rings (SSSR count). The fourth-order valence-electron chi connectivity index (χ4n) is 1.37. The number of hydrogen-bond acceptors (Lipinski definition) is 5. The molecule has 0 saturated heterocycles. The molecule has 18 heavy (non-hydrogen) atoms. The van der Waals surface area contributed by atoms with Crippen molar-refractivity contribution in [3.05, 3.63) is 17.0 Å². The highest BCUT2D eigenvalue weighted by molar-refractivity contribution is 6.29. The number of anilines is 1. The number of rotatable bonds is 7. The molecule has 0 radical (unpaired) electrons. The molecule has 1 aromatic heterocycles. The summed E-state index contributed by atoms with van der Waals surface area (Å²) in [7, 11) is 6.08. The van der Waals surface area contributed by atoms with Crippen LogP contribution in [0, 0.1) is 0 Å². The Hall–Kier alpha value is -0.910. The predicted octanol–water partition coefficient (Wildman–Crippen LogP) is 1.66. The minimum atomic E-state index is 0.394. The molecule has 0 unspecified atom stereocenters. The highest BCUT2D eigenvalue weighted by atomic mass is 35.5. The molecule has 0 atom stereocenters. The molecule has 102 valence electrons. The summed E-state index contributed by atoms with van der Waals surface area (Å²) in [6.07, 6.45) is 0. The molecule has 0 bridgehead atoms. The lowest BCUT2D eigenvalue weighted by molar-refractivity contribution is 0.128. The smallest absolute Gasteiger partial charge is 0.158 e. The first-order valence-electron chi connectivity index (χ1n) is 6.00. The molecule has 1 heterocycles. The minimum Gasteiger partial charge on any atom is -0.374 e. The lowest BCUT2D eigenvalue weighted by Gasteiger charge is -2.21. The van der Waals surface area contributed by atoms with Crippen LogP contribution in [0.2, 0.25) is 5.15 Å². The summed E-state index contributed by atoms with van der Waals surface area (Å²) in [6.45, 7) is 4.81. The van der Waals surface area contributed by atoms with Gasteiger partial charge in [-0.25, -0.2) is 9.97 Å². The van der Waals surface area contributed by atoms with Gasteiger partial charge in [-0.2, -0.15) is 0 Å². The fraction of sp³-hybridized carbons (Fsp3) is 0.667. The SMILES string of the molecule is CCOCc1nc(Cl)cc(N(C)CCN(C)C)n1. The zero-order valence-corrected chi connectivity index (χ0v) is 12.2. The van der Waals surface area contributed by atoms with Gasteiger partial charge in [0.05, 0.1) is 0 Å². The van der Waals surface area contributed by atoms with Crippen LogP contribution in [-0.2, 0) is 11.3 Å². The van der Waals surface area contributed by atoms with Gasteiger partial charge >= 0.3 is 0 Å². The number of ether oxygens (including phenoxy) is 1. The molecule has 6 heteroatoms. The Morgan fingerprint density at radius 3 is 2.56 bits per heavy atom. The summed E-state index contributed by atoms with van der Waals surface area (Å²) in [5.41, 5.74) is 0. The molecule has 1 aromatic rings. The summed E-state index contributed by atoms with van der Waals surface area (Å²) < 4.78 is 5.30. The Balaban J connectivity index is 2.71. The van der Waals surface area contributed by atoms with Crippen LogP contribution in [0.3, 0.4) is 0 Å². The number of halogens is 1. The van der Waals surface area contributed by atoms with E-state index in [4.69, 9.17) is 16.3 Å². The molecular formula is C12H21ClN4O. The van der Waals surface area contributed by atoms with E-state index in [9.17, 15) is 0 Å². The number of aromatic nitrogens is 2. The molecule has 0 aliphatic heterocycles. The van der Waals surface area contributed by atoms with Crippen LogP contribution in [0.1, 0.15) is 12.7 Å². The first-order valence-corrected chi connectivity index (χ1v) is 6.37. The summed E-state index contributed by atoms with van der Waals surface area (Å²) >= 11 is 5.99. The van der Waals surface area contributed by atoms with Gasteiger partial charge in [-0.05, 0) is 21.0 Å². The molecular weight excluding hydrogens is 252 g/mol. The molecule has 0 spiro atoms. The Morgan fingerprint density at radius 1 is 1.22 bits per heavy atom. The second-order valence-corrected chi connectivity index (χ2v) is 4.71. The fourth-order valence-corrected chi connectivity index (χ4v) is 1.56. The minimum absolute atomic E-state index is 0.394. The van der Waals surface area contributed by atoms with E-state index in [1.807, 2.05) is 28.1 Å². The standard InChI is InChI=1S/C12H21ClN4O/c1-5-18-9-11-14-10(13)8-12(15-11)17(4)7-6-16(2)3/h8H,5-7,9H2,1-4H3. The van der Waals surface area contributed by atoms with Crippen LogP contribution < -0.4 is 4.90 Å². The van der Waals surface area contributed by atoms with Gasteiger partial charge in [0.15, 0.2) is 5.82 Å². The van der Waals surface area contributed by atoms with E-state index in [0.29, 0.717) is 24.2 Å². The van der Waals surface area contributed by atoms with Crippen LogP contribution in [0.5, 0.6) is 0 Å². The first-order chi connectivity index (χ1) is 8.52. The normalized spacial score (nSPS) is 11.0. The van der Waals surface area contributed by atoms with Crippen LogP contribution >= 0.6 is 11.6 Å². The molecule has 0 fully saturated rings. The number of likely N-dealkylation sites (N-methyl/N-ethyl adjacent to an activating group) is 2. The number of nitrogens with zero attached hydrogens (tertiary/aromatic N) is 4. The Labute approximate surface area is 114 Å². The van der Waals surface area contributed by atoms with Crippen molar-refractivity contribution >= 4 is 17.4 Å². The van der Waals surface area contributed by atoms with Crippen molar-refractivity contribution < 1.29 is 4.74 Å². The third kappa shape index (κ3) is 5.16. The maximum absolute atomic E-state index is 5.99. The lowest BCUT2D eigenvalue weighted by atomic mass is 10.4. The van der Waals surface area contributed by atoms with Crippen molar-refractivity contribution in [3.63, 3.8) is 0 Å². The van der Waals surface area contributed by atoms with E-state index in [-0.39, 0.29) is 0 Å². The molecule has 0 aliphatic carbocycles. The average molecular weight is 273 g/mol. The van der Waals surface area contributed by atoms with Crippen LogP contribution in [-0.4, -0.2) is 55.7 Å². The monoisotopic (exact) mass is 272 g/mol. The highest BCUT2D eigenvalue weighted by Gasteiger charge is 2.08. The van der Waals surface area contributed by atoms with Gasteiger partial charge in [-0.3, -0.25) is 0 Å². The molecule has 0 amide bonds. The second-order valence-electron chi connectivity index (χ2n) is 4.33. The second kappa shape index (κ2) is 7.51. The van der Waals surface area contributed by atoms with Crippen molar-refractivity contribution in [1.82, 2.24) is 14.9 Å². The molecule has 0 N–H and O–H groups in total. The van der Waals surface area contributed by atoms with Gasteiger partial charge in [0.2, 0.25) is 0 Å². The van der Waals surface area contributed by atoms with E-state index >= 15 is 0 Å². The maximum atomic E-state index is 5.99. The third-order valence-corrected chi connectivity index (χ3v) is 2.63. The Bertz CT molecular complexity index is 373. The number of hydrogen-bond donors (Lipinski definition) is 0. The lowest BCUT2D eigenvalue weighted by Crippen LogP contribution is -2.29. The van der Waals surface area contributed by atoms with Crippen LogP contribution in [0.4, 0.5) is 5.82 Å². The largest absolute Gasteiger partial charge is 0.374 e. The van der Waals surface area contributed by atoms with E-state index in [2.05, 4.69) is 19.8 Å². The first kappa shape index (κ1) is 15.1. The van der Waals surface area contributed by atoms with Crippen molar-refractivity contribution in [2.45, 2.75) is 13.5 Å². The van der Waals surface area contributed by atoms with Gasteiger partial charge in [-0.1, -0.05) is 11.6 Å². The Kier molecular flexibility index (Phi) is 6.32. The van der Waals surface area contributed by atoms with Crippen molar-refractivity contribution in [1.29, 1.82) is 0 Å². The molecule has 0 aromatic carbocycles.